The minimum atomic E-state index is -1.48. The monoisotopic (exact) mass is 438 g/mol. The summed E-state index contributed by atoms with van der Waals surface area (Å²) in [5.41, 5.74) is -4.06. The van der Waals surface area contributed by atoms with Crippen LogP contribution in [0.2, 0.25) is 0 Å². The van der Waals surface area contributed by atoms with Gasteiger partial charge in [0.05, 0.1) is 6.54 Å². The van der Waals surface area contributed by atoms with Gasteiger partial charge < -0.3 is 15.5 Å². The van der Waals surface area contributed by atoms with Crippen molar-refractivity contribution in [3.63, 3.8) is 0 Å². The van der Waals surface area contributed by atoms with Crippen LogP contribution in [0.15, 0.2) is 0 Å². The third kappa shape index (κ3) is 6.18. The molecule has 0 aliphatic heterocycles. The summed E-state index contributed by atoms with van der Waals surface area (Å²) >= 11 is 0. The summed E-state index contributed by atoms with van der Waals surface area (Å²) in [6.07, 6.45) is 3.90. The van der Waals surface area contributed by atoms with Gasteiger partial charge in [-0.3, -0.25) is 14.9 Å². The Bertz CT molecular complexity index is 566. The highest BCUT2D eigenvalue weighted by atomic mass is 16.3. The molecule has 0 aliphatic rings. The summed E-state index contributed by atoms with van der Waals surface area (Å²) in [6, 6.07) is 0. The van der Waals surface area contributed by atoms with E-state index in [1.807, 2.05) is 41.5 Å². The number of aliphatic hydroxyl groups is 2. The summed E-state index contributed by atoms with van der Waals surface area (Å²) in [5.74, 6) is -1.53. The van der Waals surface area contributed by atoms with E-state index in [0.717, 1.165) is 0 Å². The fraction of sp³-hybridized carbons (Fsp3) is 0.917. The van der Waals surface area contributed by atoms with E-state index in [1.54, 1.807) is 13.8 Å². The van der Waals surface area contributed by atoms with E-state index in [4.69, 9.17) is 7.85 Å². The summed E-state index contributed by atoms with van der Waals surface area (Å²) in [4.78, 5) is 26.6. The molecule has 0 heterocycles. The van der Waals surface area contributed by atoms with E-state index < -0.39 is 34.0 Å². The number of rotatable bonds is 17. The van der Waals surface area contributed by atoms with Gasteiger partial charge in [0.1, 0.15) is 19.2 Å². The fourth-order valence-corrected chi connectivity index (χ4v) is 5.02. The first-order valence-corrected chi connectivity index (χ1v) is 12.2. The zero-order chi connectivity index (χ0) is 24.5. The minimum absolute atomic E-state index is 0.00470. The van der Waals surface area contributed by atoms with Crippen LogP contribution in [-0.2, 0) is 9.59 Å². The molecule has 1 unspecified atom stereocenters. The zero-order valence-corrected chi connectivity index (χ0v) is 21.2. The van der Waals surface area contributed by atoms with Gasteiger partial charge in [-0.15, -0.1) is 0 Å². The fourth-order valence-electron chi connectivity index (χ4n) is 5.02. The number of nitrogens with one attached hydrogen (secondary N) is 2. The first-order chi connectivity index (χ1) is 14.4. The maximum atomic E-state index is 13.6. The maximum Gasteiger partial charge on any atom is 0.171 e. The third-order valence-electron chi connectivity index (χ3n) is 7.95. The van der Waals surface area contributed by atoms with Crippen LogP contribution >= 0.6 is 0 Å². The SMILES string of the molecule is [B]C(NC(CC)(CC)C(CC)(CC)C(=O)CNC(O)(CC)CC)C(=O)C(O)(CC)CC. The van der Waals surface area contributed by atoms with Gasteiger partial charge in [0.15, 0.2) is 11.6 Å². The molecule has 0 amide bonds. The Morgan fingerprint density at radius 3 is 1.55 bits per heavy atom. The molecule has 0 aromatic rings. The van der Waals surface area contributed by atoms with Gasteiger partial charge in [0.2, 0.25) is 0 Å². The van der Waals surface area contributed by atoms with Crippen LogP contribution in [0.4, 0.5) is 0 Å². The molecule has 4 N–H and O–H groups in total. The van der Waals surface area contributed by atoms with Gasteiger partial charge in [-0.1, -0.05) is 55.4 Å². The Morgan fingerprint density at radius 1 is 0.774 bits per heavy atom. The highest BCUT2D eigenvalue weighted by Gasteiger charge is 2.53. The van der Waals surface area contributed by atoms with Gasteiger partial charge in [-0.2, -0.15) is 0 Å². The topological polar surface area (TPSA) is 98.7 Å². The molecule has 7 heteroatoms. The second kappa shape index (κ2) is 12.5. The highest BCUT2D eigenvalue weighted by Crippen LogP contribution is 2.44. The Morgan fingerprint density at radius 2 is 1.23 bits per heavy atom. The molecule has 0 rings (SSSR count). The van der Waals surface area contributed by atoms with Gasteiger partial charge in [-0.25, -0.2) is 0 Å². The summed E-state index contributed by atoms with van der Waals surface area (Å²) in [7, 11) is 6.30. The number of carbonyl (C=O) groups is 2. The van der Waals surface area contributed by atoms with E-state index in [0.29, 0.717) is 38.5 Å². The van der Waals surface area contributed by atoms with E-state index in [2.05, 4.69) is 10.6 Å². The summed E-state index contributed by atoms with van der Waals surface area (Å²) in [6.45, 7) is 15.3. The van der Waals surface area contributed by atoms with E-state index >= 15 is 0 Å². The van der Waals surface area contributed by atoms with Crippen LogP contribution in [0.1, 0.15) is 107 Å². The van der Waals surface area contributed by atoms with E-state index in [-0.39, 0.29) is 25.2 Å². The highest BCUT2D eigenvalue weighted by molar-refractivity contribution is 6.26. The van der Waals surface area contributed by atoms with Crippen LogP contribution in [0.5, 0.6) is 0 Å². The number of Topliss-reactive ketones (excluding diaryl/α,β-unsaturated/α-hetero) is 2. The summed E-state index contributed by atoms with van der Waals surface area (Å²) < 4.78 is 0. The van der Waals surface area contributed by atoms with Crippen molar-refractivity contribution in [2.45, 2.75) is 130 Å². The molecule has 1 atom stereocenters. The molecule has 0 saturated heterocycles. The minimum Gasteiger partial charge on any atom is -0.382 e. The molecular weight excluding hydrogens is 391 g/mol. The van der Waals surface area contributed by atoms with Gasteiger partial charge in [-0.05, 0) is 51.4 Å². The molecule has 0 spiro atoms. The van der Waals surface area contributed by atoms with Crippen LogP contribution in [0.25, 0.3) is 0 Å². The lowest BCUT2D eigenvalue weighted by Crippen LogP contribution is -2.67. The molecule has 180 valence electrons. The first-order valence-electron chi connectivity index (χ1n) is 12.2. The van der Waals surface area contributed by atoms with Crippen LogP contribution in [0, 0.1) is 5.41 Å². The second-order valence-corrected chi connectivity index (χ2v) is 8.82. The standard InChI is InChI=1S/C24H47BN2O4/c1-9-21(10-2,18(28)17-26-24(31,15-7)16-8)23(13-5,14-6)27-20(25)19(29)22(30,11-3)12-4/h20,26-27,30-31H,9-17H2,1-8H3. The van der Waals surface area contributed by atoms with Crippen molar-refractivity contribution in [2.24, 2.45) is 5.41 Å². The molecule has 0 aromatic carbocycles. The normalized spacial score (nSPS) is 14.5. The third-order valence-corrected chi connectivity index (χ3v) is 7.95. The van der Waals surface area contributed by atoms with E-state index in [1.165, 1.54) is 0 Å². The predicted molar refractivity (Wildman–Crippen MR) is 128 cm³/mol. The quantitative estimate of drug-likeness (QED) is 0.206. The van der Waals surface area contributed by atoms with Crippen LogP contribution < -0.4 is 10.6 Å². The molecule has 0 aromatic heterocycles. The number of carbonyl (C=O) groups excluding carboxylic acids is 2. The van der Waals surface area contributed by atoms with Gasteiger partial charge in [0.25, 0.3) is 0 Å². The van der Waals surface area contributed by atoms with Crippen LogP contribution in [-0.4, -0.2) is 59.0 Å². The van der Waals surface area contributed by atoms with Crippen LogP contribution in [0.3, 0.4) is 0 Å². The van der Waals surface area contributed by atoms with Crippen molar-refractivity contribution in [3.05, 3.63) is 0 Å². The Labute approximate surface area is 191 Å². The molecule has 0 saturated carbocycles. The van der Waals surface area contributed by atoms with Gasteiger partial charge in [0, 0.05) is 16.9 Å². The second-order valence-electron chi connectivity index (χ2n) is 8.82. The number of ketones is 2. The van der Waals surface area contributed by atoms with Crippen molar-refractivity contribution >= 4 is 19.4 Å². The van der Waals surface area contributed by atoms with Crippen molar-refractivity contribution in [2.75, 3.05) is 6.54 Å². The largest absolute Gasteiger partial charge is 0.382 e. The van der Waals surface area contributed by atoms with Crippen molar-refractivity contribution in [3.8, 4) is 0 Å². The van der Waals surface area contributed by atoms with Crippen molar-refractivity contribution in [1.29, 1.82) is 0 Å². The Hall–Kier alpha value is -0.755. The lowest BCUT2D eigenvalue weighted by Gasteiger charge is -2.51. The zero-order valence-electron chi connectivity index (χ0n) is 21.2. The molecular formula is C24H47BN2O4. The molecule has 0 aliphatic carbocycles. The molecule has 0 bridgehead atoms. The number of hydrogen-bond donors (Lipinski definition) is 4. The molecule has 31 heavy (non-hydrogen) atoms. The van der Waals surface area contributed by atoms with Crippen molar-refractivity contribution < 1.29 is 19.8 Å². The van der Waals surface area contributed by atoms with E-state index in [9.17, 15) is 19.8 Å². The Kier molecular flexibility index (Phi) is 12.2. The maximum absolute atomic E-state index is 13.6. The molecule has 6 nitrogen and oxygen atoms in total. The first kappa shape index (κ1) is 30.2. The average molecular weight is 438 g/mol. The predicted octanol–water partition coefficient (Wildman–Crippen LogP) is 3.22. The van der Waals surface area contributed by atoms with Crippen molar-refractivity contribution in [1.82, 2.24) is 10.6 Å². The van der Waals surface area contributed by atoms with Gasteiger partial charge >= 0.3 is 0 Å². The lowest BCUT2D eigenvalue weighted by atomic mass is 9.59. The average Bonchev–Trinajstić information content (AvgIpc) is 2.81. The lowest BCUT2D eigenvalue weighted by molar-refractivity contribution is -0.142. The molecule has 2 radical (unpaired) electrons. The molecule has 0 fully saturated rings. The summed E-state index contributed by atoms with van der Waals surface area (Å²) in [5, 5.41) is 27.6. The smallest absolute Gasteiger partial charge is 0.171 e. The number of hydrogen-bond acceptors (Lipinski definition) is 6. The Balaban J connectivity index is 6.08.